The van der Waals surface area contributed by atoms with Gasteiger partial charge in [0, 0.05) is 30.5 Å². The lowest BCUT2D eigenvalue weighted by Crippen LogP contribution is -2.48. The normalized spacial score (nSPS) is 15.2. The Morgan fingerprint density at radius 2 is 1.69 bits per heavy atom. The van der Waals surface area contributed by atoms with E-state index in [0.717, 1.165) is 59.2 Å². The number of amides is 2. The fourth-order valence-electron chi connectivity index (χ4n) is 5.10. The molecule has 0 atom stereocenters. The second-order valence-electron chi connectivity index (χ2n) is 11.3. The molecular formula is C32H37F3N3O4+. The van der Waals surface area contributed by atoms with Crippen molar-refractivity contribution in [2.75, 3.05) is 37.8 Å². The number of likely N-dealkylation sites (tertiary alicyclic amines) is 1. The van der Waals surface area contributed by atoms with E-state index < -0.39 is 30.3 Å². The monoisotopic (exact) mass is 584 g/mol. The number of anilines is 2. The van der Waals surface area contributed by atoms with E-state index >= 15 is 0 Å². The topological polar surface area (TPSA) is 87.7 Å². The summed E-state index contributed by atoms with van der Waals surface area (Å²) in [4.78, 5) is 25.3. The van der Waals surface area contributed by atoms with Crippen molar-refractivity contribution in [1.82, 2.24) is 0 Å². The highest BCUT2D eigenvalue weighted by Gasteiger charge is 2.33. The van der Waals surface area contributed by atoms with Crippen molar-refractivity contribution in [2.24, 2.45) is 0 Å². The lowest BCUT2D eigenvalue weighted by molar-refractivity contribution is -0.896. The van der Waals surface area contributed by atoms with E-state index in [1.54, 1.807) is 0 Å². The van der Waals surface area contributed by atoms with E-state index in [0.29, 0.717) is 18.5 Å². The number of carbonyl (C=O) groups excluding carboxylic acids is 2. The van der Waals surface area contributed by atoms with Crippen LogP contribution in [0.5, 0.6) is 0 Å². The van der Waals surface area contributed by atoms with Gasteiger partial charge in [-0.1, -0.05) is 48.5 Å². The molecule has 224 valence electrons. The quantitative estimate of drug-likeness (QED) is 0.247. The van der Waals surface area contributed by atoms with E-state index in [-0.39, 0.29) is 23.8 Å². The molecule has 1 heterocycles. The molecule has 42 heavy (non-hydrogen) atoms. The number of aryl methyl sites for hydroxylation is 1. The summed E-state index contributed by atoms with van der Waals surface area (Å²) in [6.07, 6.45) is -2.64. The molecule has 1 aliphatic rings. The Balaban J connectivity index is 1.39. The van der Waals surface area contributed by atoms with Crippen molar-refractivity contribution in [1.29, 1.82) is 0 Å². The molecule has 0 aliphatic carbocycles. The van der Waals surface area contributed by atoms with Crippen molar-refractivity contribution in [2.45, 2.75) is 51.0 Å². The van der Waals surface area contributed by atoms with Gasteiger partial charge in [-0.25, -0.2) is 4.79 Å². The van der Waals surface area contributed by atoms with Crippen LogP contribution in [0.3, 0.4) is 0 Å². The number of carbonyl (C=O) groups is 2. The molecule has 1 fully saturated rings. The van der Waals surface area contributed by atoms with Crippen molar-refractivity contribution in [3.05, 3.63) is 83.4 Å². The molecule has 7 nitrogen and oxygen atoms in total. The number of hydrogen-bond acceptors (Lipinski definition) is 4. The van der Waals surface area contributed by atoms with Gasteiger partial charge in [-0.3, -0.25) is 10.1 Å². The van der Waals surface area contributed by atoms with Crippen LogP contribution in [0.15, 0.2) is 66.7 Å². The first-order valence-electron chi connectivity index (χ1n) is 14.0. The highest BCUT2D eigenvalue weighted by Crippen LogP contribution is 2.34. The number of benzene rings is 3. The van der Waals surface area contributed by atoms with E-state index in [4.69, 9.17) is 4.74 Å². The summed E-state index contributed by atoms with van der Waals surface area (Å²) in [6.45, 7) is 1.13. The zero-order valence-corrected chi connectivity index (χ0v) is 23.8. The molecule has 0 unspecified atom stereocenters. The number of aliphatic hydroxyl groups is 1. The summed E-state index contributed by atoms with van der Waals surface area (Å²) >= 11 is 0. The number of hydrogen-bond donors (Lipinski definition) is 3. The minimum Gasteiger partial charge on any atom is -0.446 e. The first-order valence-corrected chi connectivity index (χ1v) is 14.0. The molecule has 0 radical (unpaired) electrons. The molecule has 4 rings (SSSR count). The summed E-state index contributed by atoms with van der Waals surface area (Å²) < 4.78 is 46.5. The van der Waals surface area contributed by atoms with Crippen molar-refractivity contribution in [3.63, 3.8) is 0 Å². The fourth-order valence-corrected chi connectivity index (χ4v) is 5.10. The van der Waals surface area contributed by atoms with Gasteiger partial charge in [-0.2, -0.15) is 13.2 Å². The summed E-state index contributed by atoms with van der Waals surface area (Å²) in [6, 6.07) is 18.7. The molecule has 0 bridgehead atoms. The van der Waals surface area contributed by atoms with E-state index in [2.05, 4.69) is 24.7 Å². The maximum absolute atomic E-state index is 13.3. The number of rotatable bonds is 9. The number of nitrogens with zero attached hydrogens (tertiary/aromatic N) is 1. The van der Waals surface area contributed by atoms with Gasteiger partial charge in [0.05, 0.1) is 45.0 Å². The SMILES string of the molecule is C[N+]1(C)CCC(OC(=O)Nc2cc(CCCC(=O)Nc3ccc(CO)c(C(F)(F)F)c3)ccc2-c2ccccc2)CC1. The summed E-state index contributed by atoms with van der Waals surface area (Å²) in [5.41, 5.74) is 2.04. The number of halogens is 3. The van der Waals surface area contributed by atoms with Gasteiger partial charge in [-0.05, 0) is 47.7 Å². The maximum atomic E-state index is 13.3. The molecule has 10 heteroatoms. The number of nitrogens with one attached hydrogen (secondary N) is 2. The molecule has 3 aromatic rings. The Kier molecular flexibility index (Phi) is 9.90. The molecular weight excluding hydrogens is 547 g/mol. The third kappa shape index (κ3) is 8.56. The minimum absolute atomic E-state index is 0.0159. The van der Waals surface area contributed by atoms with Crippen LogP contribution >= 0.6 is 0 Å². The van der Waals surface area contributed by atoms with Gasteiger partial charge in [-0.15, -0.1) is 0 Å². The van der Waals surface area contributed by atoms with Gasteiger partial charge in [0.25, 0.3) is 0 Å². The Morgan fingerprint density at radius 1 is 0.976 bits per heavy atom. The number of alkyl halides is 3. The van der Waals surface area contributed by atoms with E-state index in [1.807, 2.05) is 48.5 Å². The number of ether oxygens (including phenoxy) is 1. The van der Waals surface area contributed by atoms with Crippen LogP contribution in [-0.4, -0.2) is 54.9 Å². The third-order valence-electron chi connectivity index (χ3n) is 7.53. The maximum Gasteiger partial charge on any atom is 0.416 e. The summed E-state index contributed by atoms with van der Waals surface area (Å²) in [5.74, 6) is -0.419. The number of quaternary nitrogens is 1. The highest BCUT2D eigenvalue weighted by atomic mass is 19.4. The van der Waals surface area contributed by atoms with E-state index in [9.17, 15) is 27.9 Å². The zero-order valence-electron chi connectivity index (χ0n) is 23.8. The molecule has 0 spiro atoms. The predicted octanol–water partition coefficient (Wildman–Crippen LogP) is 6.61. The smallest absolute Gasteiger partial charge is 0.416 e. The van der Waals surface area contributed by atoms with Gasteiger partial charge in [0.15, 0.2) is 0 Å². The van der Waals surface area contributed by atoms with Crippen molar-refractivity contribution < 1.29 is 37.1 Å². The van der Waals surface area contributed by atoms with E-state index in [1.165, 1.54) is 6.07 Å². The molecule has 2 amide bonds. The van der Waals surface area contributed by atoms with Crippen LogP contribution in [-0.2, 0) is 28.7 Å². The Labute approximate surface area is 243 Å². The molecule has 1 aliphatic heterocycles. The minimum atomic E-state index is -4.64. The molecule has 0 saturated carbocycles. The second kappa shape index (κ2) is 13.4. The largest absolute Gasteiger partial charge is 0.446 e. The Hall–Kier alpha value is -3.89. The lowest BCUT2D eigenvalue weighted by Gasteiger charge is -2.36. The van der Waals surface area contributed by atoms with Crippen LogP contribution in [0.2, 0.25) is 0 Å². The lowest BCUT2D eigenvalue weighted by atomic mass is 9.99. The Morgan fingerprint density at radius 3 is 2.36 bits per heavy atom. The first kappa shape index (κ1) is 31.1. The van der Waals surface area contributed by atoms with Crippen LogP contribution in [0.4, 0.5) is 29.3 Å². The Bertz CT molecular complexity index is 1380. The highest BCUT2D eigenvalue weighted by molar-refractivity contribution is 5.92. The molecule has 1 saturated heterocycles. The van der Waals surface area contributed by atoms with Crippen LogP contribution < -0.4 is 10.6 Å². The van der Waals surface area contributed by atoms with Gasteiger partial charge in [0.2, 0.25) is 5.91 Å². The average Bonchev–Trinajstić information content (AvgIpc) is 2.94. The van der Waals surface area contributed by atoms with Gasteiger partial charge >= 0.3 is 12.3 Å². The third-order valence-corrected chi connectivity index (χ3v) is 7.53. The second-order valence-corrected chi connectivity index (χ2v) is 11.3. The average molecular weight is 585 g/mol. The molecule has 0 aromatic heterocycles. The predicted molar refractivity (Wildman–Crippen MR) is 156 cm³/mol. The van der Waals surface area contributed by atoms with Gasteiger partial charge < -0.3 is 19.6 Å². The number of aliphatic hydroxyl groups excluding tert-OH is 1. The number of piperidine rings is 1. The fraction of sp³-hybridized carbons (Fsp3) is 0.375. The van der Waals surface area contributed by atoms with Crippen molar-refractivity contribution in [3.8, 4) is 11.1 Å². The first-order chi connectivity index (χ1) is 19.9. The van der Waals surface area contributed by atoms with Crippen LogP contribution in [0.25, 0.3) is 11.1 Å². The summed E-state index contributed by atoms with van der Waals surface area (Å²) in [7, 11) is 4.33. The van der Waals surface area contributed by atoms with Crippen LogP contribution in [0.1, 0.15) is 42.4 Å². The van der Waals surface area contributed by atoms with Gasteiger partial charge in [0.1, 0.15) is 6.10 Å². The zero-order chi connectivity index (χ0) is 30.3. The molecule has 3 N–H and O–H groups in total. The molecule has 3 aromatic carbocycles. The van der Waals surface area contributed by atoms with Crippen molar-refractivity contribution >= 4 is 23.4 Å². The summed E-state index contributed by atoms with van der Waals surface area (Å²) in [5, 5.41) is 14.6. The standard InChI is InChI=1S/C32H36F3N3O4/c1-38(2)17-15-26(16-18-38)42-31(41)37-29-19-22(11-14-27(29)23-8-4-3-5-9-23)7-6-10-30(40)36-25-13-12-24(21-39)28(20-25)32(33,34)35/h3-5,8-9,11-14,19-20,26,39H,6-7,10,15-18,21H2,1-2H3,(H-,36,37,40,41)/p+1. The van der Waals surface area contributed by atoms with Crippen LogP contribution in [0, 0.1) is 0 Å².